The molecular formula is C6H10O5S2. The van der Waals surface area contributed by atoms with E-state index in [0.29, 0.717) is 17.2 Å². The Labute approximate surface area is 80.3 Å². The predicted octanol–water partition coefficient (Wildman–Crippen LogP) is 0.642. The van der Waals surface area contributed by atoms with Crippen molar-refractivity contribution in [3.8, 4) is 0 Å². The van der Waals surface area contributed by atoms with Gasteiger partial charge in [0.1, 0.15) is 0 Å². The van der Waals surface area contributed by atoms with Gasteiger partial charge in [-0.2, -0.15) is 8.42 Å². The van der Waals surface area contributed by atoms with Crippen molar-refractivity contribution in [1.82, 2.24) is 0 Å². The Morgan fingerprint density at radius 1 is 1.62 bits per heavy atom. The minimum Gasteiger partial charge on any atom is -0.463 e. The van der Waals surface area contributed by atoms with E-state index < -0.39 is 15.1 Å². The van der Waals surface area contributed by atoms with Gasteiger partial charge < -0.3 is 4.74 Å². The molecule has 0 aliphatic rings. The van der Waals surface area contributed by atoms with E-state index in [9.17, 15) is 13.2 Å². The number of ether oxygens (including phenoxy) is 1. The molecule has 76 valence electrons. The number of hydrogen-bond acceptors (Lipinski definition) is 5. The average Bonchev–Trinajstić information content (AvgIpc) is 2.01. The lowest BCUT2D eigenvalue weighted by Crippen LogP contribution is -2.03. The molecule has 0 aromatic carbocycles. The van der Waals surface area contributed by atoms with Crippen molar-refractivity contribution in [1.29, 1.82) is 0 Å². The molecule has 0 saturated carbocycles. The zero-order chi connectivity index (χ0) is 10.3. The summed E-state index contributed by atoms with van der Waals surface area (Å²) in [5.41, 5.74) is 0. The van der Waals surface area contributed by atoms with Crippen LogP contribution in [0.2, 0.25) is 0 Å². The van der Waals surface area contributed by atoms with E-state index in [1.54, 1.807) is 0 Å². The maximum Gasteiger partial charge on any atom is 0.330 e. The van der Waals surface area contributed by atoms with Crippen LogP contribution in [0.25, 0.3) is 0 Å². The van der Waals surface area contributed by atoms with E-state index in [0.717, 1.165) is 6.08 Å². The molecule has 0 aromatic rings. The molecule has 0 aliphatic heterocycles. The summed E-state index contributed by atoms with van der Waals surface area (Å²) < 4.78 is 33.2. The number of carbonyl (C=O) groups excluding carboxylic acids is 1. The normalized spacial score (nSPS) is 10.8. The van der Waals surface area contributed by atoms with Gasteiger partial charge in [-0.3, -0.25) is 4.55 Å². The third-order valence-corrected chi connectivity index (χ3v) is 3.08. The maximum absolute atomic E-state index is 10.5. The van der Waals surface area contributed by atoms with Crippen LogP contribution in [0.5, 0.6) is 0 Å². The van der Waals surface area contributed by atoms with Crippen molar-refractivity contribution in [3.63, 3.8) is 0 Å². The van der Waals surface area contributed by atoms with Crippen molar-refractivity contribution in [2.75, 3.05) is 12.4 Å². The SMILES string of the molecule is C=CC(=O)OCCCSS(=O)(=O)O. The van der Waals surface area contributed by atoms with Crippen LogP contribution in [0.3, 0.4) is 0 Å². The molecule has 0 unspecified atom stereocenters. The molecule has 13 heavy (non-hydrogen) atoms. The fourth-order valence-corrected chi connectivity index (χ4v) is 1.89. The zero-order valence-electron chi connectivity index (χ0n) is 6.80. The van der Waals surface area contributed by atoms with E-state index in [4.69, 9.17) is 4.55 Å². The molecule has 0 rings (SSSR count). The van der Waals surface area contributed by atoms with Crippen molar-refractivity contribution in [2.24, 2.45) is 0 Å². The van der Waals surface area contributed by atoms with Crippen LogP contribution in [0.1, 0.15) is 6.42 Å². The van der Waals surface area contributed by atoms with Crippen LogP contribution in [0.15, 0.2) is 12.7 Å². The van der Waals surface area contributed by atoms with Gasteiger partial charge in [0.15, 0.2) is 0 Å². The third-order valence-electron chi connectivity index (χ3n) is 0.932. The Morgan fingerprint density at radius 3 is 2.69 bits per heavy atom. The van der Waals surface area contributed by atoms with Crippen LogP contribution in [0.4, 0.5) is 0 Å². The van der Waals surface area contributed by atoms with Gasteiger partial charge in [0, 0.05) is 11.8 Å². The van der Waals surface area contributed by atoms with Crippen molar-refractivity contribution in [3.05, 3.63) is 12.7 Å². The van der Waals surface area contributed by atoms with Crippen molar-refractivity contribution in [2.45, 2.75) is 6.42 Å². The van der Waals surface area contributed by atoms with Crippen LogP contribution >= 0.6 is 10.8 Å². The number of esters is 1. The topological polar surface area (TPSA) is 80.7 Å². The van der Waals surface area contributed by atoms with Crippen molar-refractivity contribution < 1.29 is 22.5 Å². The van der Waals surface area contributed by atoms with Gasteiger partial charge in [-0.15, -0.1) is 0 Å². The second kappa shape index (κ2) is 6.01. The minimum absolute atomic E-state index is 0.118. The van der Waals surface area contributed by atoms with Gasteiger partial charge >= 0.3 is 15.1 Å². The summed E-state index contributed by atoms with van der Waals surface area (Å²) in [7, 11) is -3.57. The van der Waals surface area contributed by atoms with Crippen LogP contribution in [-0.2, 0) is 18.7 Å². The molecule has 1 N–H and O–H groups in total. The Balaban J connectivity index is 3.38. The quantitative estimate of drug-likeness (QED) is 0.235. The van der Waals surface area contributed by atoms with Gasteiger partial charge in [-0.25, -0.2) is 4.79 Å². The Hall–Kier alpha value is -0.530. The molecule has 7 heteroatoms. The highest BCUT2D eigenvalue weighted by Gasteiger charge is 2.04. The lowest BCUT2D eigenvalue weighted by Gasteiger charge is -1.99. The minimum atomic E-state index is -3.97. The second-order valence-electron chi connectivity index (χ2n) is 1.97. The maximum atomic E-state index is 10.5. The Morgan fingerprint density at radius 2 is 2.23 bits per heavy atom. The number of rotatable bonds is 6. The summed E-state index contributed by atoms with van der Waals surface area (Å²) in [6.45, 7) is 3.30. The Bertz CT molecular complexity index is 269. The standard InChI is InChI=1S/C6H10O5S2/c1-2-6(7)11-4-3-5-12-13(8,9)10/h2H,1,3-5H2,(H,8,9,10). The molecule has 0 aromatic heterocycles. The van der Waals surface area contributed by atoms with E-state index in [1.807, 2.05) is 0 Å². The summed E-state index contributed by atoms with van der Waals surface area (Å²) in [4.78, 5) is 10.5. The lowest BCUT2D eigenvalue weighted by molar-refractivity contribution is -0.137. The molecular weight excluding hydrogens is 216 g/mol. The first-order valence-corrected chi connectivity index (χ1v) is 6.31. The average molecular weight is 226 g/mol. The number of hydrogen-bond donors (Lipinski definition) is 1. The van der Waals surface area contributed by atoms with E-state index in [-0.39, 0.29) is 12.4 Å². The summed E-state index contributed by atoms with van der Waals surface area (Å²) in [5, 5.41) is 0. The zero-order valence-corrected chi connectivity index (χ0v) is 8.44. The molecule has 0 spiro atoms. The largest absolute Gasteiger partial charge is 0.463 e. The molecule has 0 bridgehead atoms. The monoisotopic (exact) mass is 226 g/mol. The molecule has 0 heterocycles. The first-order valence-electron chi connectivity index (χ1n) is 3.37. The smallest absolute Gasteiger partial charge is 0.330 e. The van der Waals surface area contributed by atoms with E-state index >= 15 is 0 Å². The molecule has 0 saturated heterocycles. The van der Waals surface area contributed by atoms with Gasteiger partial charge in [-0.05, 0) is 17.2 Å². The molecule has 0 radical (unpaired) electrons. The third kappa shape index (κ3) is 9.38. The summed E-state index contributed by atoms with van der Waals surface area (Å²) in [5.74, 6) is -0.361. The van der Waals surface area contributed by atoms with Gasteiger partial charge in [0.25, 0.3) is 0 Å². The Kier molecular flexibility index (Phi) is 5.76. The molecule has 5 nitrogen and oxygen atoms in total. The van der Waals surface area contributed by atoms with E-state index in [1.165, 1.54) is 0 Å². The number of carbonyl (C=O) groups is 1. The van der Waals surface area contributed by atoms with Gasteiger partial charge in [0.05, 0.1) is 6.61 Å². The highest BCUT2D eigenvalue weighted by Crippen LogP contribution is 2.09. The van der Waals surface area contributed by atoms with Crippen molar-refractivity contribution >= 4 is 25.9 Å². The predicted molar refractivity (Wildman–Crippen MR) is 49.8 cm³/mol. The van der Waals surface area contributed by atoms with Gasteiger partial charge in [0.2, 0.25) is 0 Å². The summed E-state index contributed by atoms with van der Waals surface area (Å²) >= 11 is 0. The summed E-state index contributed by atoms with van der Waals surface area (Å²) in [6.07, 6.45) is 1.39. The molecule has 0 amide bonds. The lowest BCUT2D eigenvalue weighted by atomic mass is 10.5. The van der Waals surface area contributed by atoms with Crippen LogP contribution in [0, 0.1) is 0 Å². The molecule has 0 fully saturated rings. The van der Waals surface area contributed by atoms with Crippen LogP contribution < -0.4 is 0 Å². The van der Waals surface area contributed by atoms with Gasteiger partial charge in [-0.1, -0.05) is 6.58 Å². The van der Waals surface area contributed by atoms with E-state index in [2.05, 4.69) is 11.3 Å². The molecule has 0 atom stereocenters. The first kappa shape index (κ1) is 12.5. The second-order valence-corrected chi connectivity index (χ2v) is 5.45. The summed E-state index contributed by atoms with van der Waals surface area (Å²) in [6, 6.07) is 0. The molecule has 0 aliphatic carbocycles. The fraction of sp³-hybridized carbons (Fsp3) is 0.500. The fourth-order valence-electron chi connectivity index (χ4n) is 0.455. The highest BCUT2D eigenvalue weighted by molar-refractivity contribution is 8.69. The van der Waals surface area contributed by atoms with Crippen LogP contribution in [-0.4, -0.2) is 31.3 Å². The first-order chi connectivity index (χ1) is 5.95. The highest BCUT2D eigenvalue weighted by atomic mass is 33.1.